The summed E-state index contributed by atoms with van der Waals surface area (Å²) in [5, 5.41) is 12.8. The molecule has 0 radical (unpaired) electrons. The summed E-state index contributed by atoms with van der Waals surface area (Å²) < 4.78 is 3.42. The first-order valence-corrected chi connectivity index (χ1v) is 12.5. The van der Waals surface area contributed by atoms with Crippen molar-refractivity contribution >= 4 is 34.3 Å². The molecule has 0 aliphatic carbocycles. The topological polar surface area (TPSA) is 81.3 Å². The molecule has 0 aliphatic rings. The van der Waals surface area contributed by atoms with Crippen molar-refractivity contribution in [1.29, 1.82) is 0 Å². The number of hydrogen-bond donors (Lipinski definition) is 1. The second kappa shape index (κ2) is 10.1. The van der Waals surface area contributed by atoms with Crippen LogP contribution < -0.4 is 10.9 Å². The van der Waals surface area contributed by atoms with E-state index >= 15 is 0 Å². The van der Waals surface area contributed by atoms with Crippen LogP contribution in [0, 0.1) is 6.92 Å². The van der Waals surface area contributed by atoms with Gasteiger partial charge in [0, 0.05) is 6.54 Å². The first kappa shape index (κ1) is 22.9. The molecule has 0 saturated carbocycles. The van der Waals surface area contributed by atoms with Gasteiger partial charge in [0.2, 0.25) is 11.7 Å². The van der Waals surface area contributed by atoms with E-state index in [0.29, 0.717) is 28.4 Å². The molecule has 1 N–H and O–H groups in total. The quantitative estimate of drug-likeness (QED) is 0.265. The van der Waals surface area contributed by atoms with Crippen LogP contribution in [0.3, 0.4) is 0 Å². The Labute approximate surface area is 206 Å². The molecule has 2 heterocycles. The molecule has 1 amide bonds. The average Bonchev–Trinajstić information content (AvgIpc) is 3.31. The molecule has 8 heteroatoms. The molecule has 3 aromatic carbocycles. The fraction of sp³-hybridized carbons (Fsp3) is 0.185. The number of carbonyl (C=O) groups is 1. The Kier molecular flexibility index (Phi) is 6.63. The molecule has 35 heavy (non-hydrogen) atoms. The number of carbonyl (C=O) groups excluding carboxylic acids is 1. The maximum absolute atomic E-state index is 13.4. The van der Waals surface area contributed by atoms with Crippen molar-refractivity contribution in [1.82, 2.24) is 24.5 Å². The SMILES string of the molecule is Cc1ccc(-n2c(=O)c3ccccc3n3c(SCC(=O)NCCCc4ccccc4)nnc23)cc1. The Morgan fingerprint density at radius 1 is 0.943 bits per heavy atom. The highest BCUT2D eigenvalue weighted by molar-refractivity contribution is 7.99. The van der Waals surface area contributed by atoms with Gasteiger partial charge in [0.25, 0.3) is 5.56 Å². The smallest absolute Gasteiger partial charge is 0.267 e. The van der Waals surface area contributed by atoms with Crippen LogP contribution in [-0.2, 0) is 11.2 Å². The summed E-state index contributed by atoms with van der Waals surface area (Å²) in [6.07, 6.45) is 1.80. The van der Waals surface area contributed by atoms with E-state index in [4.69, 9.17) is 0 Å². The predicted octanol–water partition coefficient (Wildman–Crippen LogP) is 4.18. The largest absolute Gasteiger partial charge is 0.355 e. The van der Waals surface area contributed by atoms with Crippen LogP contribution in [0.4, 0.5) is 0 Å². The molecule has 0 spiro atoms. The summed E-state index contributed by atoms with van der Waals surface area (Å²) in [7, 11) is 0. The number of para-hydroxylation sites is 1. The molecular weight excluding hydrogens is 458 g/mol. The average molecular weight is 484 g/mol. The number of fused-ring (bicyclic) bond motifs is 3. The number of hydrogen-bond acceptors (Lipinski definition) is 5. The van der Waals surface area contributed by atoms with Crippen molar-refractivity contribution in [3.8, 4) is 5.69 Å². The molecule has 5 aromatic rings. The third-order valence-electron chi connectivity index (χ3n) is 5.83. The molecule has 2 aromatic heterocycles. The van der Waals surface area contributed by atoms with Crippen LogP contribution in [0.1, 0.15) is 17.5 Å². The lowest BCUT2D eigenvalue weighted by Gasteiger charge is -2.11. The van der Waals surface area contributed by atoms with Gasteiger partial charge in [-0.25, -0.2) is 4.57 Å². The van der Waals surface area contributed by atoms with Crippen molar-refractivity contribution in [2.75, 3.05) is 12.3 Å². The highest BCUT2D eigenvalue weighted by atomic mass is 32.2. The lowest BCUT2D eigenvalue weighted by molar-refractivity contribution is -0.118. The summed E-state index contributed by atoms with van der Waals surface area (Å²) in [4.78, 5) is 25.8. The molecule has 5 rings (SSSR count). The van der Waals surface area contributed by atoms with Crippen LogP contribution in [0.25, 0.3) is 22.4 Å². The van der Waals surface area contributed by atoms with E-state index in [9.17, 15) is 9.59 Å². The molecule has 176 valence electrons. The van der Waals surface area contributed by atoms with E-state index in [1.165, 1.54) is 17.3 Å². The normalized spacial score (nSPS) is 11.2. The lowest BCUT2D eigenvalue weighted by Crippen LogP contribution is -2.26. The molecule has 0 saturated heterocycles. The monoisotopic (exact) mass is 483 g/mol. The fourth-order valence-electron chi connectivity index (χ4n) is 4.04. The van der Waals surface area contributed by atoms with Gasteiger partial charge in [0.1, 0.15) is 0 Å². The van der Waals surface area contributed by atoms with Crippen LogP contribution >= 0.6 is 11.8 Å². The zero-order chi connectivity index (χ0) is 24.2. The second-order valence-electron chi connectivity index (χ2n) is 8.34. The molecular formula is C27H25N5O2S. The van der Waals surface area contributed by atoms with Gasteiger partial charge in [-0.05, 0) is 49.6 Å². The Morgan fingerprint density at radius 2 is 1.69 bits per heavy atom. The molecule has 0 atom stereocenters. The fourth-order valence-corrected chi connectivity index (χ4v) is 4.81. The minimum Gasteiger partial charge on any atom is -0.355 e. The highest BCUT2D eigenvalue weighted by Crippen LogP contribution is 2.23. The number of amides is 1. The number of thioether (sulfide) groups is 1. The summed E-state index contributed by atoms with van der Waals surface area (Å²) in [5.74, 6) is 0.573. The van der Waals surface area contributed by atoms with Crippen LogP contribution in [0.2, 0.25) is 0 Å². The van der Waals surface area contributed by atoms with Crippen molar-refractivity contribution < 1.29 is 4.79 Å². The Morgan fingerprint density at radius 3 is 2.49 bits per heavy atom. The Balaban J connectivity index is 1.37. The predicted molar refractivity (Wildman–Crippen MR) is 139 cm³/mol. The molecule has 0 aliphatic heterocycles. The standard InChI is InChI=1S/C27H25N5O2S/c1-19-13-15-21(16-14-19)31-25(34)22-11-5-6-12-23(22)32-26(31)29-30-27(32)35-18-24(33)28-17-7-10-20-8-3-2-4-9-20/h2-6,8-9,11-16H,7,10,17-18H2,1H3,(H,28,33). The summed E-state index contributed by atoms with van der Waals surface area (Å²) in [5.41, 5.74) is 3.64. The van der Waals surface area contributed by atoms with Gasteiger partial charge in [-0.3, -0.25) is 14.0 Å². The summed E-state index contributed by atoms with van der Waals surface area (Å²) in [6, 6.07) is 25.3. The van der Waals surface area contributed by atoms with Crippen LogP contribution in [0.5, 0.6) is 0 Å². The van der Waals surface area contributed by atoms with E-state index in [1.807, 2.05) is 72.0 Å². The maximum Gasteiger partial charge on any atom is 0.267 e. The third kappa shape index (κ3) is 4.83. The van der Waals surface area contributed by atoms with E-state index in [1.54, 1.807) is 10.6 Å². The van der Waals surface area contributed by atoms with Gasteiger partial charge in [-0.1, -0.05) is 71.9 Å². The van der Waals surface area contributed by atoms with Crippen molar-refractivity contribution in [3.63, 3.8) is 0 Å². The van der Waals surface area contributed by atoms with Gasteiger partial charge in [0.05, 0.1) is 22.3 Å². The highest BCUT2D eigenvalue weighted by Gasteiger charge is 2.18. The van der Waals surface area contributed by atoms with Gasteiger partial charge < -0.3 is 5.32 Å². The van der Waals surface area contributed by atoms with Gasteiger partial charge >= 0.3 is 0 Å². The minimum atomic E-state index is -0.155. The van der Waals surface area contributed by atoms with E-state index in [2.05, 4.69) is 27.6 Å². The van der Waals surface area contributed by atoms with Crippen molar-refractivity contribution in [3.05, 3.63) is 100 Å². The summed E-state index contributed by atoms with van der Waals surface area (Å²) >= 11 is 1.31. The van der Waals surface area contributed by atoms with Crippen LogP contribution in [-0.4, -0.2) is 37.4 Å². The Bertz CT molecular complexity index is 1540. The van der Waals surface area contributed by atoms with Crippen LogP contribution in [0.15, 0.2) is 88.8 Å². The van der Waals surface area contributed by atoms with E-state index in [0.717, 1.165) is 24.1 Å². The Hall–Kier alpha value is -3.91. The molecule has 0 unspecified atom stereocenters. The number of aromatic nitrogens is 4. The van der Waals surface area contributed by atoms with Gasteiger partial charge in [-0.2, -0.15) is 0 Å². The molecule has 7 nitrogen and oxygen atoms in total. The second-order valence-corrected chi connectivity index (χ2v) is 9.28. The van der Waals surface area contributed by atoms with E-state index < -0.39 is 0 Å². The number of benzene rings is 3. The number of nitrogens with zero attached hydrogens (tertiary/aromatic N) is 4. The first-order chi connectivity index (χ1) is 17.1. The van der Waals surface area contributed by atoms with Gasteiger partial charge in [-0.15, -0.1) is 10.2 Å². The van der Waals surface area contributed by atoms with Crippen molar-refractivity contribution in [2.24, 2.45) is 0 Å². The van der Waals surface area contributed by atoms with Crippen molar-refractivity contribution in [2.45, 2.75) is 24.9 Å². The maximum atomic E-state index is 13.4. The first-order valence-electron chi connectivity index (χ1n) is 11.5. The third-order valence-corrected chi connectivity index (χ3v) is 6.76. The number of aryl methyl sites for hydroxylation is 2. The number of nitrogens with one attached hydrogen (secondary N) is 1. The summed E-state index contributed by atoms with van der Waals surface area (Å²) in [6.45, 7) is 2.62. The zero-order valence-corrected chi connectivity index (χ0v) is 20.2. The van der Waals surface area contributed by atoms with E-state index in [-0.39, 0.29) is 17.2 Å². The molecule has 0 bridgehead atoms. The minimum absolute atomic E-state index is 0.0593. The molecule has 0 fully saturated rings. The zero-order valence-electron chi connectivity index (χ0n) is 19.3. The lowest BCUT2D eigenvalue weighted by atomic mass is 10.1. The number of rotatable bonds is 8. The van der Waals surface area contributed by atoms with Gasteiger partial charge in [0.15, 0.2) is 5.16 Å².